The van der Waals surface area contributed by atoms with Gasteiger partial charge in [0.25, 0.3) is 0 Å². The SMILES string of the molecule is Cc1nn(C)c(C)c1CCCNC(C)CNC(C)C. The van der Waals surface area contributed by atoms with E-state index in [1.165, 1.54) is 23.4 Å². The molecule has 4 nitrogen and oxygen atoms in total. The van der Waals surface area contributed by atoms with Gasteiger partial charge < -0.3 is 10.6 Å². The van der Waals surface area contributed by atoms with Crippen LogP contribution in [0.2, 0.25) is 0 Å². The van der Waals surface area contributed by atoms with Crippen molar-refractivity contribution in [2.24, 2.45) is 7.05 Å². The summed E-state index contributed by atoms with van der Waals surface area (Å²) in [4.78, 5) is 0. The molecule has 0 saturated heterocycles. The molecule has 1 heterocycles. The van der Waals surface area contributed by atoms with E-state index in [4.69, 9.17) is 0 Å². The van der Waals surface area contributed by atoms with Crippen LogP contribution in [0.3, 0.4) is 0 Å². The maximum atomic E-state index is 4.46. The fourth-order valence-corrected chi connectivity index (χ4v) is 2.28. The molecule has 4 heteroatoms. The Labute approximate surface area is 118 Å². The molecule has 1 unspecified atom stereocenters. The molecular weight excluding hydrogens is 236 g/mol. The van der Waals surface area contributed by atoms with Crippen LogP contribution in [0.1, 0.15) is 44.1 Å². The zero-order valence-corrected chi connectivity index (χ0v) is 13.4. The summed E-state index contributed by atoms with van der Waals surface area (Å²) in [5, 5.41) is 11.5. The minimum Gasteiger partial charge on any atom is -0.313 e. The first kappa shape index (κ1) is 16.2. The van der Waals surface area contributed by atoms with E-state index in [1.807, 2.05) is 11.7 Å². The van der Waals surface area contributed by atoms with Gasteiger partial charge in [0.1, 0.15) is 0 Å². The van der Waals surface area contributed by atoms with Gasteiger partial charge in [0.05, 0.1) is 5.69 Å². The van der Waals surface area contributed by atoms with Crippen molar-refractivity contribution in [2.75, 3.05) is 13.1 Å². The lowest BCUT2D eigenvalue weighted by molar-refractivity contribution is 0.470. The normalized spacial score (nSPS) is 13.2. The van der Waals surface area contributed by atoms with Crippen molar-refractivity contribution in [3.63, 3.8) is 0 Å². The Balaban J connectivity index is 2.24. The van der Waals surface area contributed by atoms with Crippen LogP contribution in [0.15, 0.2) is 0 Å². The highest BCUT2D eigenvalue weighted by Crippen LogP contribution is 2.13. The first-order chi connectivity index (χ1) is 8.91. The molecule has 1 atom stereocenters. The molecule has 0 amide bonds. The second kappa shape index (κ2) is 7.65. The minimum atomic E-state index is 0.526. The maximum Gasteiger partial charge on any atom is 0.0628 e. The lowest BCUT2D eigenvalue weighted by atomic mass is 10.1. The molecule has 19 heavy (non-hydrogen) atoms. The predicted octanol–water partition coefficient (Wildman–Crippen LogP) is 1.95. The Morgan fingerprint density at radius 2 is 1.84 bits per heavy atom. The minimum absolute atomic E-state index is 0.526. The number of rotatable bonds is 8. The van der Waals surface area contributed by atoms with Gasteiger partial charge in [-0.25, -0.2) is 0 Å². The average Bonchev–Trinajstić information content (AvgIpc) is 2.57. The summed E-state index contributed by atoms with van der Waals surface area (Å²) in [6.07, 6.45) is 2.28. The van der Waals surface area contributed by atoms with Crippen LogP contribution in [0, 0.1) is 13.8 Å². The first-order valence-electron chi connectivity index (χ1n) is 7.37. The van der Waals surface area contributed by atoms with E-state index in [0.29, 0.717) is 12.1 Å². The molecule has 0 aromatic carbocycles. The summed E-state index contributed by atoms with van der Waals surface area (Å²) in [6, 6.07) is 1.09. The van der Waals surface area contributed by atoms with Crippen molar-refractivity contribution in [2.45, 2.75) is 59.5 Å². The Morgan fingerprint density at radius 1 is 1.16 bits per heavy atom. The van der Waals surface area contributed by atoms with Crippen LogP contribution in [0.25, 0.3) is 0 Å². The van der Waals surface area contributed by atoms with E-state index in [-0.39, 0.29) is 0 Å². The van der Waals surface area contributed by atoms with Gasteiger partial charge in [-0.15, -0.1) is 0 Å². The van der Waals surface area contributed by atoms with E-state index >= 15 is 0 Å². The third-order valence-electron chi connectivity index (χ3n) is 3.59. The molecule has 0 aliphatic heterocycles. The highest BCUT2D eigenvalue weighted by atomic mass is 15.3. The van der Waals surface area contributed by atoms with Gasteiger partial charge in [-0.3, -0.25) is 4.68 Å². The molecular formula is C15H30N4. The summed E-state index contributed by atoms with van der Waals surface area (Å²) < 4.78 is 1.98. The highest BCUT2D eigenvalue weighted by molar-refractivity contribution is 5.24. The highest BCUT2D eigenvalue weighted by Gasteiger charge is 2.09. The van der Waals surface area contributed by atoms with Gasteiger partial charge in [0.15, 0.2) is 0 Å². The Hall–Kier alpha value is -0.870. The molecule has 0 fully saturated rings. The number of aromatic nitrogens is 2. The average molecular weight is 266 g/mol. The monoisotopic (exact) mass is 266 g/mol. The molecule has 0 spiro atoms. The standard InChI is InChI=1S/C15H30N4/c1-11(2)17-10-12(3)16-9-7-8-15-13(4)18-19(6)14(15)5/h11-12,16-17H,7-10H2,1-6H3. The van der Waals surface area contributed by atoms with Gasteiger partial charge in [0.2, 0.25) is 0 Å². The summed E-state index contributed by atoms with van der Waals surface area (Å²) in [6.45, 7) is 12.9. The van der Waals surface area contributed by atoms with Crippen LogP contribution >= 0.6 is 0 Å². The number of aryl methyl sites for hydroxylation is 2. The van der Waals surface area contributed by atoms with Gasteiger partial charge in [0, 0.05) is 31.4 Å². The Kier molecular flexibility index (Phi) is 6.52. The second-order valence-corrected chi connectivity index (χ2v) is 5.79. The molecule has 1 rings (SSSR count). The van der Waals surface area contributed by atoms with Gasteiger partial charge in [-0.05, 0) is 45.7 Å². The quantitative estimate of drug-likeness (QED) is 0.707. The number of nitrogens with one attached hydrogen (secondary N) is 2. The zero-order chi connectivity index (χ0) is 14.4. The topological polar surface area (TPSA) is 41.9 Å². The summed E-state index contributed by atoms with van der Waals surface area (Å²) in [7, 11) is 2.02. The van der Waals surface area contributed by atoms with E-state index in [9.17, 15) is 0 Å². The van der Waals surface area contributed by atoms with Crippen molar-refractivity contribution >= 4 is 0 Å². The first-order valence-corrected chi connectivity index (χ1v) is 7.37. The van der Waals surface area contributed by atoms with E-state index in [0.717, 1.165) is 19.5 Å². The summed E-state index contributed by atoms with van der Waals surface area (Å²) >= 11 is 0. The Bertz CT molecular complexity index is 382. The van der Waals surface area contributed by atoms with Crippen molar-refractivity contribution < 1.29 is 0 Å². The third-order valence-corrected chi connectivity index (χ3v) is 3.59. The van der Waals surface area contributed by atoms with E-state index in [1.54, 1.807) is 0 Å². The van der Waals surface area contributed by atoms with Crippen LogP contribution in [-0.2, 0) is 13.5 Å². The molecule has 1 aromatic rings. The van der Waals surface area contributed by atoms with Gasteiger partial charge in [-0.1, -0.05) is 13.8 Å². The van der Waals surface area contributed by atoms with Crippen molar-refractivity contribution in [3.05, 3.63) is 17.0 Å². The number of hydrogen-bond acceptors (Lipinski definition) is 3. The predicted molar refractivity (Wildman–Crippen MR) is 81.6 cm³/mol. The third kappa shape index (κ3) is 5.33. The largest absolute Gasteiger partial charge is 0.313 e. The molecule has 0 aliphatic rings. The maximum absolute atomic E-state index is 4.46. The molecule has 0 aliphatic carbocycles. The van der Waals surface area contributed by atoms with Crippen molar-refractivity contribution in [3.8, 4) is 0 Å². The lowest BCUT2D eigenvalue weighted by Crippen LogP contribution is -2.39. The van der Waals surface area contributed by atoms with Crippen LogP contribution in [0.5, 0.6) is 0 Å². The van der Waals surface area contributed by atoms with E-state index < -0.39 is 0 Å². The van der Waals surface area contributed by atoms with Gasteiger partial charge >= 0.3 is 0 Å². The molecule has 0 saturated carbocycles. The molecule has 110 valence electrons. The number of nitrogens with zero attached hydrogens (tertiary/aromatic N) is 2. The lowest BCUT2D eigenvalue weighted by Gasteiger charge is -2.16. The Morgan fingerprint density at radius 3 is 2.37 bits per heavy atom. The fraction of sp³-hybridized carbons (Fsp3) is 0.800. The summed E-state index contributed by atoms with van der Waals surface area (Å²) in [5.74, 6) is 0. The summed E-state index contributed by atoms with van der Waals surface area (Å²) in [5.41, 5.74) is 3.89. The fourth-order valence-electron chi connectivity index (χ4n) is 2.28. The van der Waals surface area contributed by atoms with Crippen LogP contribution < -0.4 is 10.6 Å². The zero-order valence-electron chi connectivity index (χ0n) is 13.4. The van der Waals surface area contributed by atoms with Gasteiger partial charge in [-0.2, -0.15) is 5.10 Å². The van der Waals surface area contributed by atoms with E-state index in [2.05, 4.69) is 50.4 Å². The molecule has 2 N–H and O–H groups in total. The van der Waals surface area contributed by atoms with Crippen LogP contribution in [-0.4, -0.2) is 35.0 Å². The second-order valence-electron chi connectivity index (χ2n) is 5.79. The van der Waals surface area contributed by atoms with Crippen LogP contribution in [0.4, 0.5) is 0 Å². The smallest absolute Gasteiger partial charge is 0.0628 e. The number of hydrogen-bond donors (Lipinski definition) is 2. The molecule has 0 bridgehead atoms. The molecule has 0 radical (unpaired) electrons. The van der Waals surface area contributed by atoms with Crippen molar-refractivity contribution in [1.29, 1.82) is 0 Å². The van der Waals surface area contributed by atoms with Crippen molar-refractivity contribution in [1.82, 2.24) is 20.4 Å². The molecule has 1 aromatic heterocycles.